The van der Waals surface area contributed by atoms with Gasteiger partial charge in [-0.2, -0.15) is 4.31 Å². The second-order valence-corrected chi connectivity index (χ2v) is 10.7. The third-order valence-corrected chi connectivity index (χ3v) is 9.19. The number of amides is 1. The van der Waals surface area contributed by atoms with Crippen molar-refractivity contribution in [3.63, 3.8) is 0 Å². The Hall–Kier alpha value is -1.70. The van der Waals surface area contributed by atoms with Gasteiger partial charge in [0.15, 0.2) is 0 Å². The standard InChI is InChI=1S/C21H26N2O3S2/c24-21(19-8-4-14-23(19)28(25,26)20-9-5-15-27-20)22-18-12-10-17(11-13-18)16-6-2-1-3-7-16/h1-3,5-7,9,15,17-19H,4,8,10-14H2,(H,22,24). The van der Waals surface area contributed by atoms with Crippen LogP contribution in [0.2, 0.25) is 0 Å². The fourth-order valence-electron chi connectivity index (χ4n) is 4.41. The molecule has 7 heteroatoms. The van der Waals surface area contributed by atoms with Crippen LogP contribution < -0.4 is 5.32 Å². The lowest BCUT2D eigenvalue weighted by molar-refractivity contribution is -0.125. The average molecular weight is 419 g/mol. The van der Waals surface area contributed by atoms with Crippen LogP contribution in [0.1, 0.15) is 50.0 Å². The minimum Gasteiger partial charge on any atom is -0.352 e. The third kappa shape index (κ3) is 4.02. The van der Waals surface area contributed by atoms with Crippen molar-refractivity contribution in [1.29, 1.82) is 0 Å². The molecule has 1 amide bonds. The van der Waals surface area contributed by atoms with Gasteiger partial charge in [0.05, 0.1) is 0 Å². The van der Waals surface area contributed by atoms with Gasteiger partial charge in [0.1, 0.15) is 10.3 Å². The quantitative estimate of drug-likeness (QED) is 0.804. The molecule has 2 aliphatic rings. The van der Waals surface area contributed by atoms with Gasteiger partial charge in [-0.3, -0.25) is 4.79 Å². The number of nitrogens with one attached hydrogen (secondary N) is 1. The molecular formula is C21H26N2O3S2. The summed E-state index contributed by atoms with van der Waals surface area (Å²) >= 11 is 1.20. The molecule has 28 heavy (non-hydrogen) atoms. The number of benzene rings is 1. The van der Waals surface area contributed by atoms with E-state index in [9.17, 15) is 13.2 Å². The van der Waals surface area contributed by atoms with Crippen LogP contribution >= 0.6 is 11.3 Å². The SMILES string of the molecule is O=C(NC1CCC(c2ccccc2)CC1)C1CCCN1S(=O)(=O)c1cccs1. The van der Waals surface area contributed by atoms with Crippen LogP contribution in [0.4, 0.5) is 0 Å². The molecule has 1 aromatic carbocycles. The maximum absolute atomic E-state index is 12.9. The van der Waals surface area contributed by atoms with E-state index in [0.29, 0.717) is 23.1 Å². The van der Waals surface area contributed by atoms with Gasteiger partial charge < -0.3 is 5.32 Å². The molecule has 150 valence electrons. The molecule has 1 saturated carbocycles. The molecule has 4 rings (SSSR count). The van der Waals surface area contributed by atoms with Gasteiger partial charge in [0, 0.05) is 12.6 Å². The third-order valence-electron chi connectivity index (χ3n) is 5.91. The fraction of sp³-hybridized carbons (Fsp3) is 0.476. The predicted octanol–water partition coefficient (Wildman–Crippen LogP) is 3.74. The largest absolute Gasteiger partial charge is 0.352 e. The highest BCUT2D eigenvalue weighted by atomic mass is 32.2. The van der Waals surface area contributed by atoms with E-state index in [1.165, 1.54) is 21.2 Å². The van der Waals surface area contributed by atoms with Crippen LogP contribution in [0, 0.1) is 0 Å². The number of nitrogens with zero attached hydrogens (tertiary/aromatic N) is 1. The Balaban J connectivity index is 1.36. The molecule has 0 spiro atoms. The van der Waals surface area contributed by atoms with Gasteiger partial charge in [-0.15, -0.1) is 11.3 Å². The summed E-state index contributed by atoms with van der Waals surface area (Å²) in [6.07, 6.45) is 5.30. The number of rotatable bonds is 5. The molecule has 1 aliphatic heterocycles. The zero-order valence-corrected chi connectivity index (χ0v) is 17.4. The van der Waals surface area contributed by atoms with E-state index in [-0.39, 0.29) is 11.9 Å². The molecular weight excluding hydrogens is 392 g/mol. The molecule has 1 aliphatic carbocycles. The van der Waals surface area contributed by atoms with Gasteiger partial charge >= 0.3 is 0 Å². The summed E-state index contributed by atoms with van der Waals surface area (Å²) in [6, 6.07) is 13.4. The van der Waals surface area contributed by atoms with Crippen molar-refractivity contribution >= 4 is 27.3 Å². The normalized spacial score (nSPS) is 26.2. The Labute approximate surface area is 170 Å². The van der Waals surface area contributed by atoms with Gasteiger partial charge in [0.25, 0.3) is 10.0 Å². The fourth-order valence-corrected chi connectivity index (χ4v) is 7.19. The molecule has 1 unspecified atom stereocenters. The highest BCUT2D eigenvalue weighted by Gasteiger charge is 2.40. The van der Waals surface area contributed by atoms with Crippen molar-refractivity contribution < 1.29 is 13.2 Å². The van der Waals surface area contributed by atoms with Crippen molar-refractivity contribution in [2.75, 3.05) is 6.54 Å². The molecule has 2 heterocycles. The van der Waals surface area contributed by atoms with Crippen molar-refractivity contribution in [2.45, 2.75) is 60.7 Å². The van der Waals surface area contributed by atoms with Gasteiger partial charge in [-0.25, -0.2) is 8.42 Å². The summed E-state index contributed by atoms with van der Waals surface area (Å²) in [5.74, 6) is 0.414. The van der Waals surface area contributed by atoms with Gasteiger partial charge in [0.2, 0.25) is 5.91 Å². The number of hydrogen-bond donors (Lipinski definition) is 1. The number of sulfonamides is 1. The summed E-state index contributed by atoms with van der Waals surface area (Å²) in [4.78, 5) is 12.9. The number of carbonyl (C=O) groups excluding carboxylic acids is 1. The van der Waals surface area contributed by atoms with E-state index in [4.69, 9.17) is 0 Å². The lowest BCUT2D eigenvalue weighted by Crippen LogP contribution is -2.49. The predicted molar refractivity (Wildman–Crippen MR) is 111 cm³/mol. The molecule has 2 fully saturated rings. The average Bonchev–Trinajstić information content (AvgIpc) is 3.42. The van der Waals surface area contributed by atoms with E-state index in [0.717, 1.165) is 32.1 Å². The van der Waals surface area contributed by atoms with Crippen LogP contribution in [0.3, 0.4) is 0 Å². The van der Waals surface area contributed by atoms with E-state index in [1.807, 2.05) is 6.07 Å². The molecule has 1 aromatic heterocycles. The van der Waals surface area contributed by atoms with Crippen LogP contribution in [0.5, 0.6) is 0 Å². The summed E-state index contributed by atoms with van der Waals surface area (Å²) < 4.78 is 27.4. The lowest BCUT2D eigenvalue weighted by atomic mass is 9.81. The maximum atomic E-state index is 12.9. The van der Waals surface area contributed by atoms with Gasteiger partial charge in [-0.1, -0.05) is 36.4 Å². The summed E-state index contributed by atoms with van der Waals surface area (Å²) in [5, 5.41) is 4.89. The van der Waals surface area contributed by atoms with E-state index < -0.39 is 16.1 Å². The Kier molecular flexibility index (Phi) is 5.85. The highest BCUT2D eigenvalue weighted by molar-refractivity contribution is 7.91. The molecule has 5 nitrogen and oxygen atoms in total. The Morgan fingerprint density at radius 1 is 1.00 bits per heavy atom. The first kappa shape index (κ1) is 19.6. The van der Waals surface area contributed by atoms with E-state index in [2.05, 4.69) is 29.6 Å². The molecule has 0 bridgehead atoms. The molecule has 1 N–H and O–H groups in total. The smallest absolute Gasteiger partial charge is 0.253 e. The van der Waals surface area contributed by atoms with Crippen molar-refractivity contribution in [2.24, 2.45) is 0 Å². The topological polar surface area (TPSA) is 66.5 Å². The zero-order chi connectivity index (χ0) is 19.6. The molecule has 1 saturated heterocycles. The van der Waals surface area contributed by atoms with Crippen LogP contribution in [0.25, 0.3) is 0 Å². The Bertz CT molecular complexity index is 889. The van der Waals surface area contributed by atoms with E-state index >= 15 is 0 Å². The van der Waals surface area contributed by atoms with Crippen LogP contribution in [-0.4, -0.2) is 37.3 Å². The van der Waals surface area contributed by atoms with Crippen molar-refractivity contribution in [3.8, 4) is 0 Å². The maximum Gasteiger partial charge on any atom is 0.253 e. The first-order valence-corrected chi connectivity index (χ1v) is 12.3. The number of thiophene rings is 1. The van der Waals surface area contributed by atoms with Gasteiger partial charge in [-0.05, 0) is 61.5 Å². The Morgan fingerprint density at radius 2 is 1.75 bits per heavy atom. The summed E-state index contributed by atoms with van der Waals surface area (Å²) in [6.45, 7) is 0.416. The van der Waals surface area contributed by atoms with E-state index in [1.54, 1.807) is 17.5 Å². The number of hydrogen-bond acceptors (Lipinski definition) is 4. The monoisotopic (exact) mass is 418 g/mol. The van der Waals surface area contributed by atoms with Crippen LogP contribution in [-0.2, 0) is 14.8 Å². The zero-order valence-electron chi connectivity index (χ0n) is 15.8. The number of carbonyl (C=O) groups is 1. The minimum atomic E-state index is -3.58. The molecule has 0 radical (unpaired) electrons. The second kappa shape index (κ2) is 8.35. The molecule has 1 atom stereocenters. The first-order valence-electron chi connectivity index (χ1n) is 9.96. The lowest BCUT2D eigenvalue weighted by Gasteiger charge is -2.31. The van der Waals surface area contributed by atoms with Crippen molar-refractivity contribution in [3.05, 3.63) is 53.4 Å². The summed E-state index contributed by atoms with van der Waals surface area (Å²) in [5.41, 5.74) is 1.37. The van der Waals surface area contributed by atoms with Crippen LogP contribution in [0.15, 0.2) is 52.1 Å². The first-order chi connectivity index (χ1) is 13.6. The molecule has 2 aromatic rings. The Morgan fingerprint density at radius 3 is 2.43 bits per heavy atom. The minimum absolute atomic E-state index is 0.138. The highest BCUT2D eigenvalue weighted by Crippen LogP contribution is 2.33. The summed E-state index contributed by atoms with van der Waals surface area (Å²) in [7, 11) is -3.58. The second-order valence-electron chi connectivity index (χ2n) is 7.67. The van der Waals surface area contributed by atoms with Crippen molar-refractivity contribution in [1.82, 2.24) is 9.62 Å².